The second-order valence-electron chi connectivity index (χ2n) is 5.74. The fourth-order valence-corrected chi connectivity index (χ4v) is 1.90. The summed E-state index contributed by atoms with van der Waals surface area (Å²) in [4.78, 5) is 14.4. The van der Waals surface area contributed by atoms with Crippen LogP contribution in [0, 0.1) is 0 Å². The third-order valence-electron chi connectivity index (χ3n) is 2.80. The van der Waals surface area contributed by atoms with Crippen molar-refractivity contribution < 1.29 is 14.3 Å². The maximum absolute atomic E-state index is 11.6. The highest BCUT2D eigenvalue weighted by atomic mass is 16.6. The van der Waals surface area contributed by atoms with Crippen molar-refractivity contribution in [1.29, 1.82) is 0 Å². The quantitative estimate of drug-likeness (QED) is 0.485. The predicted molar refractivity (Wildman–Crippen MR) is 70.7 cm³/mol. The van der Waals surface area contributed by atoms with Gasteiger partial charge in [0.1, 0.15) is 5.60 Å². The van der Waals surface area contributed by atoms with Crippen molar-refractivity contribution in [2.45, 2.75) is 64.3 Å². The number of carbonyl (C=O) groups is 1. The molecular formula is C12H22N4O3. The van der Waals surface area contributed by atoms with Gasteiger partial charge in [0.2, 0.25) is 0 Å². The standard InChI is InChI=1S/C12H22N4O3/c1-8(15-16-13)10-6-5-9(7-18-10)14-11(17)19-12(2,3)4/h8-10H,5-7H2,1-4H3,(H,14,17)/t8?,9-,10+/m1/s1. The summed E-state index contributed by atoms with van der Waals surface area (Å²) >= 11 is 0. The molecule has 0 bridgehead atoms. The van der Waals surface area contributed by atoms with Gasteiger partial charge in [-0.1, -0.05) is 12.0 Å². The fraction of sp³-hybridized carbons (Fsp3) is 0.917. The van der Waals surface area contributed by atoms with E-state index in [1.165, 1.54) is 0 Å². The van der Waals surface area contributed by atoms with Gasteiger partial charge < -0.3 is 14.8 Å². The number of hydrogen-bond acceptors (Lipinski definition) is 4. The van der Waals surface area contributed by atoms with E-state index in [0.29, 0.717) is 6.61 Å². The van der Waals surface area contributed by atoms with Crippen LogP contribution in [0.3, 0.4) is 0 Å². The molecule has 1 N–H and O–H groups in total. The zero-order valence-corrected chi connectivity index (χ0v) is 11.9. The molecule has 0 saturated carbocycles. The zero-order valence-electron chi connectivity index (χ0n) is 11.9. The Labute approximate surface area is 113 Å². The van der Waals surface area contributed by atoms with Gasteiger partial charge >= 0.3 is 6.09 Å². The summed E-state index contributed by atoms with van der Waals surface area (Å²) in [6, 6.07) is -0.239. The maximum Gasteiger partial charge on any atom is 0.407 e. The Morgan fingerprint density at radius 2 is 2.21 bits per heavy atom. The molecule has 1 amide bonds. The van der Waals surface area contributed by atoms with Gasteiger partial charge in [-0.2, -0.15) is 0 Å². The van der Waals surface area contributed by atoms with Crippen LogP contribution in [0.2, 0.25) is 0 Å². The van der Waals surface area contributed by atoms with Crippen LogP contribution in [-0.4, -0.2) is 36.5 Å². The molecule has 1 aliphatic rings. The monoisotopic (exact) mass is 270 g/mol. The molecule has 0 aromatic heterocycles. The lowest BCUT2D eigenvalue weighted by atomic mass is 10.0. The lowest BCUT2D eigenvalue weighted by Crippen LogP contribution is -2.46. The predicted octanol–water partition coefficient (Wildman–Crippen LogP) is 2.76. The summed E-state index contributed by atoms with van der Waals surface area (Å²) in [7, 11) is 0. The molecule has 0 aromatic carbocycles. The van der Waals surface area contributed by atoms with Crippen molar-refractivity contribution in [3.63, 3.8) is 0 Å². The van der Waals surface area contributed by atoms with Gasteiger partial charge in [-0.15, -0.1) is 0 Å². The molecule has 0 radical (unpaired) electrons. The zero-order chi connectivity index (χ0) is 14.5. The van der Waals surface area contributed by atoms with E-state index in [2.05, 4.69) is 15.3 Å². The molecule has 19 heavy (non-hydrogen) atoms. The Bertz CT molecular complexity index is 352. The molecule has 1 heterocycles. The topological polar surface area (TPSA) is 96.3 Å². The first-order valence-electron chi connectivity index (χ1n) is 6.47. The van der Waals surface area contributed by atoms with E-state index in [0.717, 1.165) is 12.8 Å². The largest absolute Gasteiger partial charge is 0.444 e. The Morgan fingerprint density at radius 3 is 2.68 bits per heavy atom. The highest BCUT2D eigenvalue weighted by Gasteiger charge is 2.27. The second kappa shape index (κ2) is 6.63. The summed E-state index contributed by atoms with van der Waals surface area (Å²) in [6.45, 7) is 7.70. The van der Waals surface area contributed by atoms with Crippen molar-refractivity contribution in [2.75, 3.05) is 6.61 Å². The number of carbonyl (C=O) groups excluding carboxylic acids is 1. The smallest absolute Gasteiger partial charge is 0.407 e. The first-order valence-corrected chi connectivity index (χ1v) is 6.47. The van der Waals surface area contributed by atoms with Gasteiger partial charge in [0.15, 0.2) is 0 Å². The fourth-order valence-electron chi connectivity index (χ4n) is 1.90. The highest BCUT2D eigenvalue weighted by molar-refractivity contribution is 5.68. The molecule has 108 valence electrons. The highest BCUT2D eigenvalue weighted by Crippen LogP contribution is 2.19. The lowest BCUT2D eigenvalue weighted by Gasteiger charge is -2.32. The summed E-state index contributed by atoms with van der Waals surface area (Å²) in [5.74, 6) is 0. The molecule has 7 heteroatoms. The number of nitrogens with one attached hydrogen (secondary N) is 1. The minimum Gasteiger partial charge on any atom is -0.444 e. The van der Waals surface area contributed by atoms with E-state index < -0.39 is 11.7 Å². The summed E-state index contributed by atoms with van der Waals surface area (Å²) < 4.78 is 10.8. The van der Waals surface area contributed by atoms with Crippen LogP contribution >= 0.6 is 0 Å². The Morgan fingerprint density at radius 1 is 1.53 bits per heavy atom. The van der Waals surface area contributed by atoms with Gasteiger partial charge in [-0.05, 0) is 39.1 Å². The van der Waals surface area contributed by atoms with Crippen molar-refractivity contribution in [3.8, 4) is 0 Å². The van der Waals surface area contributed by atoms with Crippen LogP contribution in [0.4, 0.5) is 4.79 Å². The van der Waals surface area contributed by atoms with Crippen LogP contribution in [0.25, 0.3) is 10.4 Å². The molecular weight excluding hydrogens is 248 g/mol. The molecule has 3 atom stereocenters. The van der Waals surface area contributed by atoms with Gasteiger partial charge in [0, 0.05) is 4.91 Å². The summed E-state index contributed by atoms with van der Waals surface area (Å²) in [5, 5.41) is 6.40. The molecule has 1 rings (SSSR count). The average molecular weight is 270 g/mol. The first-order chi connectivity index (χ1) is 8.81. The molecule has 1 aliphatic heterocycles. The minimum absolute atomic E-state index is 0.0515. The van der Waals surface area contributed by atoms with Gasteiger partial charge in [-0.3, -0.25) is 0 Å². The number of amides is 1. The SMILES string of the molecule is CC(N=[N+]=[N-])[C@@H]1CC[C@@H](NC(=O)OC(C)(C)C)CO1. The van der Waals surface area contributed by atoms with E-state index in [9.17, 15) is 4.79 Å². The lowest BCUT2D eigenvalue weighted by molar-refractivity contribution is -0.0170. The van der Waals surface area contributed by atoms with Crippen molar-refractivity contribution in [2.24, 2.45) is 5.11 Å². The third kappa shape index (κ3) is 5.81. The van der Waals surface area contributed by atoms with Gasteiger partial charge in [0.25, 0.3) is 0 Å². The van der Waals surface area contributed by atoms with E-state index >= 15 is 0 Å². The van der Waals surface area contributed by atoms with Crippen LogP contribution in [0.1, 0.15) is 40.5 Å². The third-order valence-corrected chi connectivity index (χ3v) is 2.80. The first kappa shape index (κ1) is 15.6. The number of rotatable bonds is 3. The van der Waals surface area contributed by atoms with E-state index in [4.69, 9.17) is 15.0 Å². The Kier molecular flexibility index (Phi) is 5.44. The molecule has 0 spiro atoms. The average Bonchev–Trinajstić information content (AvgIpc) is 2.27. The molecule has 1 fully saturated rings. The van der Waals surface area contributed by atoms with Crippen LogP contribution < -0.4 is 5.32 Å². The Balaban J connectivity index is 2.34. The normalized spacial score (nSPS) is 25.1. The molecule has 1 unspecified atom stereocenters. The molecule has 7 nitrogen and oxygen atoms in total. The maximum atomic E-state index is 11.6. The summed E-state index contributed by atoms with van der Waals surface area (Å²) in [5.41, 5.74) is 7.87. The van der Waals surface area contributed by atoms with Crippen molar-refractivity contribution >= 4 is 6.09 Å². The van der Waals surface area contributed by atoms with E-state index in [1.807, 2.05) is 27.7 Å². The number of ether oxygens (including phenoxy) is 2. The minimum atomic E-state index is -0.502. The second-order valence-corrected chi connectivity index (χ2v) is 5.74. The molecule has 1 saturated heterocycles. The van der Waals surface area contributed by atoms with Gasteiger partial charge in [-0.25, -0.2) is 4.79 Å². The number of hydrogen-bond donors (Lipinski definition) is 1. The molecule has 0 aliphatic carbocycles. The van der Waals surface area contributed by atoms with Crippen molar-refractivity contribution in [1.82, 2.24) is 5.32 Å². The van der Waals surface area contributed by atoms with Crippen LogP contribution in [-0.2, 0) is 9.47 Å². The summed E-state index contributed by atoms with van der Waals surface area (Å²) in [6.07, 6.45) is 1.03. The molecule has 0 aromatic rings. The Hall–Kier alpha value is -1.46. The number of azide groups is 1. The van der Waals surface area contributed by atoms with Gasteiger partial charge in [0.05, 0.1) is 24.8 Å². The number of nitrogens with zero attached hydrogens (tertiary/aromatic N) is 3. The van der Waals surface area contributed by atoms with E-state index in [-0.39, 0.29) is 18.2 Å². The van der Waals surface area contributed by atoms with E-state index in [1.54, 1.807) is 0 Å². The number of alkyl carbamates (subject to hydrolysis) is 1. The van der Waals surface area contributed by atoms with Crippen molar-refractivity contribution in [3.05, 3.63) is 10.4 Å². The van der Waals surface area contributed by atoms with Crippen LogP contribution in [0.5, 0.6) is 0 Å². The van der Waals surface area contributed by atoms with Crippen LogP contribution in [0.15, 0.2) is 5.11 Å².